The number of carbonyl (C=O) groups is 2. The van der Waals surface area contributed by atoms with E-state index in [9.17, 15) is 9.59 Å². The van der Waals surface area contributed by atoms with E-state index in [0.29, 0.717) is 35.5 Å². The molecule has 3 nitrogen and oxygen atoms in total. The third kappa shape index (κ3) is 3.69. The lowest BCUT2D eigenvalue weighted by atomic mass is 9.32. The number of carbonyl (C=O) groups excluding carboxylic acids is 2. The highest BCUT2D eigenvalue weighted by molar-refractivity contribution is 5.83. The Morgan fingerprint density at radius 2 is 1.61 bits per heavy atom. The lowest BCUT2D eigenvalue weighted by Gasteiger charge is -2.72. The predicted octanol–water partition coefficient (Wildman–Crippen LogP) is 8.90. The van der Waals surface area contributed by atoms with Gasteiger partial charge in [0, 0.05) is 12.6 Å². The first kappa shape index (κ1) is 28.9. The number of benzene rings is 1. The smallest absolute Gasteiger partial charge is 0.226 e. The summed E-state index contributed by atoms with van der Waals surface area (Å²) in [5.74, 6) is 3.07. The molecule has 0 spiro atoms. The van der Waals surface area contributed by atoms with E-state index in [0.717, 1.165) is 37.5 Å². The Bertz CT molecular complexity index is 1290. The largest absolute Gasteiger partial charge is 0.359 e. The van der Waals surface area contributed by atoms with Crippen LogP contribution in [0.1, 0.15) is 115 Å². The van der Waals surface area contributed by atoms with Crippen molar-refractivity contribution in [1.82, 2.24) is 5.32 Å². The quantitative estimate of drug-likeness (QED) is 0.298. The van der Waals surface area contributed by atoms with Crippen LogP contribution in [0.4, 0.5) is 0 Å². The molecule has 1 N–H and O–H groups in total. The van der Waals surface area contributed by atoms with Gasteiger partial charge in [-0.05, 0) is 127 Å². The van der Waals surface area contributed by atoms with Crippen molar-refractivity contribution < 1.29 is 9.59 Å². The third-order valence-corrected chi connectivity index (χ3v) is 14.7. The average molecular weight is 556 g/mol. The summed E-state index contributed by atoms with van der Waals surface area (Å²) < 4.78 is 0. The summed E-state index contributed by atoms with van der Waals surface area (Å²) in [4.78, 5) is 24.9. The van der Waals surface area contributed by atoms with E-state index in [2.05, 4.69) is 71.6 Å². The van der Waals surface area contributed by atoms with Crippen molar-refractivity contribution >= 4 is 17.8 Å². The highest BCUT2D eigenvalue weighted by Gasteiger charge is 2.71. The van der Waals surface area contributed by atoms with Crippen LogP contribution >= 0.6 is 0 Å². The van der Waals surface area contributed by atoms with Gasteiger partial charge in [-0.3, -0.25) is 9.59 Å². The number of allylic oxidation sites excluding steroid dienone is 3. The lowest BCUT2D eigenvalue weighted by molar-refractivity contribution is -0.224. The first-order valence-corrected chi connectivity index (χ1v) is 16.4. The summed E-state index contributed by atoms with van der Waals surface area (Å²) >= 11 is 0. The fraction of sp³-hybridized carbons (Fsp3) is 0.684. The molecule has 1 amide bonds. The molecule has 222 valence electrons. The van der Waals surface area contributed by atoms with Crippen molar-refractivity contribution in [2.24, 2.45) is 56.7 Å². The second-order valence-electron chi connectivity index (χ2n) is 16.2. The molecule has 1 aromatic rings. The van der Waals surface area contributed by atoms with E-state index < -0.39 is 0 Å². The monoisotopic (exact) mass is 555 g/mol. The van der Waals surface area contributed by atoms with Crippen LogP contribution in [-0.4, -0.2) is 19.2 Å². The molecule has 0 unspecified atom stereocenters. The van der Waals surface area contributed by atoms with Gasteiger partial charge in [0.2, 0.25) is 5.91 Å². The zero-order chi connectivity index (χ0) is 29.6. The fourth-order valence-corrected chi connectivity index (χ4v) is 12.6. The molecule has 1 aromatic carbocycles. The van der Waals surface area contributed by atoms with Crippen molar-refractivity contribution in [3.8, 4) is 0 Å². The molecule has 4 fully saturated rings. The molecule has 0 heterocycles. The van der Waals surface area contributed by atoms with Gasteiger partial charge in [-0.2, -0.15) is 0 Å². The van der Waals surface area contributed by atoms with E-state index >= 15 is 0 Å². The Hall–Kier alpha value is -2.16. The maximum absolute atomic E-state index is 13.6. The molecular formula is C38H53NO2. The second-order valence-corrected chi connectivity index (χ2v) is 16.2. The maximum atomic E-state index is 13.6. The summed E-state index contributed by atoms with van der Waals surface area (Å²) in [6, 6.07) is 8.24. The molecule has 0 aromatic heterocycles. The number of amides is 1. The Labute approximate surface area is 249 Å². The van der Waals surface area contributed by atoms with Crippen LogP contribution in [0, 0.1) is 56.7 Å². The topological polar surface area (TPSA) is 46.2 Å². The highest BCUT2D eigenvalue weighted by atomic mass is 16.2. The van der Waals surface area contributed by atoms with E-state index in [1.165, 1.54) is 48.8 Å². The van der Waals surface area contributed by atoms with E-state index in [4.69, 9.17) is 0 Å². The summed E-state index contributed by atoms with van der Waals surface area (Å²) in [6.07, 6.45) is 14.1. The Kier molecular flexibility index (Phi) is 6.65. The lowest BCUT2D eigenvalue weighted by Crippen LogP contribution is -2.66. The molecular weight excluding hydrogens is 502 g/mol. The van der Waals surface area contributed by atoms with Crippen LogP contribution in [0.15, 0.2) is 42.5 Å². The maximum Gasteiger partial charge on any atom is 0.226 e. The number of nitrogens with one attached hydrogen (secondary N) is 1. The minimum atomic E-state index is -0.212. The molecule has 6 rings (SSSR count). The second kappa shape index (κ2) is 9.42. The summed E-state index contributed by atoms with van der Waals surface area (Å²) in [5.41, 5.74) is 5.41. The molecule has 0 bridgehead atoms. The van der Waals surface area contributed by atoms with E-state index in [-0.39, 0.29) is 27.1 Å². The van der Waals surface area contributed by atoms with Gasteiger partial charge < -0.3 is 5.32 Å². The van der Waals surface area contributed by atoms with E-state index in [1.807, 2.05) is 19.2 Å². The Balaban J connectivity index is 1.38. The Morgan fingerprint density at radius 1 is 0.902 bits per heavy atom. The first-order chi connectivity index (χ1) is 19.3. The Morgan fingerprint density at radius 3 is 2.24 bits per heavy atom. The van der Waals surface area contributed by atoms with Crippen molar-refractivity contribution in [3.63, 3.8) is 0 Å². The van der Waals surface area contributed by atoms with Crippen LogP contribution < -0.4 is 5.32 Å². The fourth-order valence-electron chi connectivity index (χ4n) is 12.6. The first-order valence-electron chi connectivity index (χ1n) is 16.4. The van der Waals surface area contributed by atoms with Crippen LogP contribution in [0.5, 0.6) is 0 Å². The van der Waals surface area contributed by atoms with Crippen molar-refractivity contribution in [3.05, 3.63) is 53.6 Å². The summed E-state index contributed by atoms with van der Waals surface area (Å²) in [5, 5.41) is 3.11. The minimum absolute atomic E-state index is 0.0756. The zero-order valence-electron chi connectivity index (χ0n) is 26.7. The van der Waals surface area contributed by atoms with E-state index in [1.54, 1.807) is 0 Å². The number of aldehydes is 1. The highest BCUT2D eigenvalue weighted by Crippen LogP contribution is 2.77. The summed E-state index contributed by atoms with van der Waals surface area (Å²) in [6.45, 7) is 19.6. The standard InChI is InChI=1S/C38H53NO2/c1-24(2)27-15-20-38(33(41)39-8)22-21-36(6)29(32(27)38)13-14-31-35(5)18-16-28(26-11-9-25(23-40)10-12-26)34(3,4)30(35)17-19-37(31,36)7/h9-12,16,23,27,29-32H,1,13-15,17-22H2,2-8H3,(H,39,41)/t27-,29+,30-,31+,32+,35-,36+,37+,38-/m0/s1. The van der Waals surface area contributed by atoms with Crippen LogP contribution in [0.3, 0.4) is 0 Å². The molecule has 5 aliphatic rings. The number of hydrogen-bond donors (Lipinski definition) is 1. The molecule has 41 heavy (non-hydrogen) atoms. The van der Waals surface area contributed by atoms with Gasteiger partial charge in [0.1, 0.15) is 6.29 Å². The minimum Gasteiger partial charge on any atom is -0.359 e. The number of fused-ring (bicyclic) bond motifs is 7. The van der Waals surface area contributed by atoms with Crippen LogP contribution in [-0.2, 0) is 4.79 Å². The van der Waals surface area contributed by atoms with Gasteiger partial charge in [0.15, 0.2) is 0 Å². The number of rotatable bonds is 4. The van der Waals surface area contributed by atoms with Gasteiger partial charge >= 0.3 is 0 Å². The van der Waals surface area contributed by atoms with Gasteiger partial charge in [0.05, 0.1) is 5.41 Å². The average Bonchev–Trinajstić information content (AvgIpc) is 3.34. The normalized spacial score (nSPS) is 44.4. The van der Waals surface area contributed by atoms with Gasteiger partial charge in [0.25, 0.3) is 0 Å². The zero-order valence-corrected chi connectivity index (χ0v) is 26.7. The van der Waals surface area contributed by atoms with Gasteiger partial charge in [-0.1, -0.05) is 77.1 Å². The SMILES string of the molecule is C=C(C)[C@@H]1CC[C@]2(C(=O)NC)CC[C@]3(C)[C@H](CC[C@@H]4[C@@]5(C)CC=C(c6ccc(C=O)cc6)C(C)(C)[C@@H]5CC[C@]43C)[C@@H]12. The van der Waals surface area contributed by atoms with Gasteiger partial charge in [-0.25, -0.2) is 0 Å². The molecule has 5 aliphatic carbocycles. The van der Waals surface area contributed by atoms with Crippen LogP contribution in [0.2, 0.25) is 0 Å². The molecule has 0 radical (unpaired) electrons. The van der Waals surface area contributed by atoms with Crippen molar-refractivity contribution in [2.45, 2.75) is 99.3 Å². The van der Waals surface area contributed by atoms with Crippen LogP contribution in [0.25, 0.3) is 5.57 Å². The van der Waals surface area contributed by atoms with Gasteiger partial charge in [-0.15, -0.1) is 0 Å². The summed E-state index contributed by atoms with van der Waals surface area (Å²) in [7, 11) is 1.85. The third-order valence-electron chi connectivity index (χ3n) is 14.7. The number of hydrogen-bond acceptors (Lipinski definition) is 2. The predicted molar refractivity (Wildman–Crippen MR) is 168 cm³/mol. The van der Waals surface area contributed by atoms with Crippen molar-refractivity contribution in [2.75, 3.05) is 7.05 Å². The molecule has 9 atom stereocenters. The molecule has 0 saturated heterocycles. The van der Waals surface area contributed by atoms with Crippen molar-refractivity contribution in [1.29, 1.82) is 0 Å². The molecule has 4 saturated carbocycles. The molecule has 0 aliphatic heterocycles. The molecule has 3 heteroatoms.